The Morgan fingerprint density at radius 3 is 2.59 bits per heavy atom. The van der Waals surface area contributed by atoms with E-state index >= 15 is 0 Å². The Kier molecular flexibility index (Phi) is 3.99. The van der Waals surface area contributed by atoms with Crippen molar-refractivity contribution in [1.82, 2.24) is 0 Å². The van der Waals surface area contributed by atoms with E-state index in [9.17, 15) is 5.11 Å². The summed E-state index contributed by atoms with van der Waals surface area (Å²) in [4.78, 5) is 0. The van der Waals surface area contributed by atoms with Crippen molar-refractivity contribution in [3.8, 4) is 0 Å². The Labute approximate surface area is 111 Å². The molecule has 0 radical (unpaired) electrons. The fourth-order valence-electron chi connectivity index (χ4n) is 2.28. The number of methoxy groups -OCH3 is 1. The molecule has 0 saturated heterocycles. The van der Waals surface area contributed by atoms with Crippen LogP contribution in [0.4, 0.5) is 0 Å². The van der Waals surface area contributed by atoms with Crippen molar-refractivity contribution in [2.24, 2.45) is 0 Å². The Balaban J connectivity index is 2.10. The van der Waals surface area contributed by atoms with Crippen LogP contribution in [0, 0.1) is 0 Å². The Hall–Kier alpha value is -0.280. The largest absolute Gasteiger partial charge is 0.390 e. The van der Waals surface area contributed by atoms with Gasteiger partial charge in [0, 0.05) is 23.6 Å². The lowest BCUT2D eigenvalue weighted by Gasteiger charge is -2.44. The normalized spacial score (nSPS) is 19.8. The number of hydrogen-bond donors (Lipinski definition) is 1. The predicted octanol–water partition coefficient (Wildman–Crippen LogP) is 3.47. The zero-order chi connectivity index (χ0) is 12.5. The fourth-order valence-corrected chi connectivity index (χ4v) is 2.77. The van der Waals surface area contributed by atoms with Crippen LogP contribution in [0.15, 0.2) is 18.2 Å². The summed E-state index contributed by atoms with van der Waals surface area (Å²) >= 11 is 11.9. The molecule has 1 aliphatic carbocycles. The SMILES string of the molecule is COC1(C(O)Cc2ccc(Cl)cc2Cl)CCC1. The number of hydrogen-bond acceptors (Lipinski definition) is 2. The summed E-state index contributed by atoms with van der Waals surface area (Å²) in [5.74, 6) is 0. The van der Waals surface area contributed by atoms with Gasteiger partial charge in [0.05, 0.1) is 11.7 Å². The molecule has 1 aromatic carbocycles. The minimum absolute atomic E-state index is 0.372. The molecule has 0 heterocycles. The molecule has 0 spiro atoms. The summed E-state index contributed by atoms with van der Waals surface area (Å²) in [5.41, 5.74) is 0.537. The van der Waals surface area contributed by atoms with Gasteiger partial charge in [-0.25, -0.2) is 0 Å². The van der Waals surface area contributed by atoms with E-state index in [1.165, 1.54) is 0 Å². The van der Waals surface area contributed by atoms with E-state index in [0.717, 1.165) is 24.8 Å². The molecule has 0 bridgehead atoms. The average molecular weight is 275 g/mol. The number of halogens is 2. The van der Waals surface area contributed by atoms with Crippen molar-refractivity contribution in [3.63, 3.8) is 0 Å². The summed E-state index contributed by atoms with van der Waals surface area (Å²) in [6.45, 7) is 0. The van der Waals surface area contributed by atoms with Crippen LogP contribution in [0.5, 0.6) is 0 Å². The molecule has 2 nitrogen and oxygen atoms in total. The third-order valence-electron chi connectivity index (χ3n) is 3.64. The van der Waals surface area contributed by atoms with Crippen LogP contribution in [0.2, 0.25) is 10.0 Å². The van der Waals surface area contributed by atoms with Crippen LogP contribution >= 0.6 is 23.2 Å². The van der Waals surface area contributed by atoms with E-state index in [-0.39, 0.29) is 5.60 Å². The molecule has 4 heteroatoms. The minimum atomic E-state index is -0.514. The molecule has 1 aliphatic rings. The van der Waals surface area contributed by atoms with Crippen molar-refractivity contribution in [2.75, 3.05) is 7.11 Å². The highest BCUT2D eigenvalue weighted by atomic mass is 35.5. The summed E-state index contributed by atoms with van der Waals surface area (Å²) in [6, 6.07) is 5.34. The van der Waals surface area contributed by atoms with E-state index in [1.807, 2.05) is 6.07 Å². The molecule has 2 rings (SSSR count). The molecule has 1 saturated carbocycles. The smallest absolute Gasteiger partial charge is 0.0939 e. The number of ether oxygens (including phenoxy) is 1. The van der Waals surface area contributed by atoms with E-state index < -0.39 is 6.10 Å². The highest BCUT2D eigenvalue weighted by molar-refractivity contribution is 6.35. The van der Waals surface area contributed by atoms with E-state index in [4.69, 9.17) is 27.9 Å². The molecular weight excluding hydrogens is 259 g/mol. The van der Waals surface area contributed by atoms with Crippen LogP contribution < -0.4 is 0 Å². The van der Waals surface area contributed by atoms with Gasteiger partial charge >= 0.3 is 0 Å². The summed E-state index contributed by atoms with van der Waals surface area (Å²) in [6.07, 6.45) is 2.93. The summed E-state index contributed by atoms with van der Waals surface area (Å²) in [5, 5.41) is 11.5. The maximum atomic E-state index is 10.3. The van der Waals surface area contributed by atoms with Gasteiger partial charge in [0.25, 0.3) is 0 Å². The van der Waals surface area contributed by atoms with Crippen LogP contribution in [0.1, 0.15) is 24.8 Å². The van der Waals surface area contributed by atoms with Gasteiger partial charge in [0.2, 0.25) is 0 Å². The monoisotopic (exact) mass is 274 g/mol. The third-order valence-corrected chi connectivity index (χ3v) is 4.23. The standard InChI is InChI=1S/C13H16Cl2O2/c1-17-13(5-2-6-13)12(16)7-9-3-4-10(14)8-11(9)15/h3-4,8,12,16H,2,5-7H2,1H3. The minimum Gasteiger partial charge on any atom is -0.390 e. The van der Waals surface area contributed by atoms with Gasteiger partial charge in [-0.15, -0.1) is 0 Å². The van der Waals surface area contributed by atoms with Gasteiger partial charge in [0.1, 0.15) is 0 Å². The third kappa shape index (κ3) is 2.60. The lowest BCUT2D eigenvalue weighted by atomic mass is 9.74. The molecule has 1 aromatic rings. The zero-order valence-corrected chi connectivity index (χ0v) is 11.3. The molecule has 1 unspecified atom stereocenters. The first-order chi connectivity index (χ1) is 8.07. The lowest BCUT2D eigenvalue weighted by molar-refractivity contribution is -0.148. The molecule has 1 N–H and O–H groups in total. The van der Waals surface area contributed by atoms with Gasteiger partial charge < -0.3 is 9.84 Å². The number of aliphatic hydroxyl groups excluding tert-OH is 1. The van der Waals surface area contributed by atoms with E-state index in [0.29, 0.717) is 16.5 Å². The number of rotatable bonds is 4. The first kappa shape index (κ1) is 13.2. The first-order valence-electron chi connectivity index (χ1n) is 5.74. The highest BCUT2D eigenvalue weighted by Gasteiger charge is 2.43. The van der Waals surface area contributed by atoms with Crippen LogP contribution in [0.3, 0.4) is 0 Å². The average Bonchev–Trinajstić information content (AvgIpc) is 2.21. The molecule has 0 amide bonds. The van der Waals surface area contributed by atoms with Gasteiger partial charge in [-0.2, -0.15) is 0 Å². The second-order valence-electron chi connectivity index (χ2n) is 4.58. The second kappa shape index (κ2) is 5.15. The van der Waals surface area contributed by atoms with Crippen LogP contribution in [-0.2, 0) is 11.2 Å². The number of aliphatic hydroxyl groups is 1. The Bertz CT molecular complexity index is 397. The van der Waals surface area contributed by atoms with Crippen molar-refractivity contribution < 1.29 is 9.84 Å². The molecular formula is C13H16Cl2O2. The topological polar surface area (TPSA) is 29.5 Å². The quantitative estimate of drug-likeness (QED) is 0.911. The van der Waals surface area contributed by atoms with Crippen molar-refractivity contribution >= 4 is 23.2 Å². The lowest BCUT2D eigenvalue weighted by Crippen LogP contribution is -2.50. The van der Waals surface area contributed by atoms with Crippen molar-refractivity contribution in [1.29, 1.82) is 0 Å². The molecule has 1 fully saturated rings. The maximum absolute atomic E-state index is 10.3. The van der Waals surface area contributed by atoms with Gasteiger partial charge in [-0.05, 0) is 37.0 Å². The molecule has 1 atom stereocenters. The van der Waals surface area contributed by atoms with Crippen molar-refractivity contribution in [3.05, 3.63) is 33.8 Å². The highest BCUT2D eigenvalue weighted by Crippen LogP contribution is 2.39. The molecule has 17 heavy (non-hydrogen) atoms. The van der Waals surface area contributed by atoms with Gasteiger partial charge in [0.15, 0.2) is 0 Å². The van der Waals surface area contributed by atoms with Gasteiger partial charge in [-0.1, -0.05) is 29.3 Å². The summed E-state index contributed by atoms with van der Waals surface area (Å²) < 4.78 is 5.45. The maximum Gasteiger partial charge on any atom is 0.0939 e. The fraction of sp³-hybridized carbons (Fsp3) is 0.538. The molecule has 94 valence electrons. The zero-order valence-electron chi connectivity index (χ0n) is 9.75. The number of benzene rings is 1. The van der Waals surface area contributed by atoms with Crippen molar-refractivity contribution in [2.45, 2.75) is 37.4 Å². The van der Waals surface area contributed by atoms with Crippen LogP contribution in [0.25, 0.3) is 0 Å². The van der Waals surface area contributed by atoms with Crippen LogP contribution in [-0.4, -0.2) is 23.9 Å². The Morgan fingerprint density at radius 1 is 1.41 bits per heavy atom. The van der Waals surface area contributed by atoms with Gasteiger partial charge in [-0.3, -0.25) is 0 Å². The Morgan fingerprint density at radius 2 is 2.12 bits per heavy atom. The second-order valence-corrected chi connectivity index (χ2v) is 5.42. The first-order valence-corrected chi connectivity index (χ1v) is 6.50. The van der Waals surface area contributed by atoms with E-state index in [1.54, 1.807) is 19.2 Å². The molecule has 0 aromatic heterocycles. The summed E-state index contributed by atoms with van der Waals surface area (Å²) in [7, 11) is 1.66. The van der Waals surface area contributed by atoms with E-state index in [2.05, 4.69) is 0 Å². The molecule has 0 aliphatic heterocycles. The predicted molar refractivity (Wildman–Crippen MR) is 69.8 cm³/mol.